The zero-order valence-electron chi connectivity index (χ0n) is 8.58. The lowest BCUT2D eigenvalue weighted by Crippen LogP contribution is -2.18. The van der Waals surface area contributed by atoms with Crippen LogP contribution in [0.2, 0.25) is 0 Å². The van der Waals surface area contributed by atoms with Gasteiger partial charge in [0, 0.05) is 7.11 Å². The van der Waals surface area contributed by atoms with E-state index in [1.54, 1.807) is 6.07 Å². The standard InChI is InChI=1S/C10H11F3O3/c1-14-6-7-15-8-4-2-3-5-9(8)16-10(11,12)13/h2-5H,6-7H2,1H3. The van der Waals surface area contributed by atoms with Crippen molar-refractivity contribution in [3.05, 3.63) is 24.3 Å². The van der Waals surface area contributed by atoms with Gasteiger partial charge < -0.3 is 14.2 Å². The molecule has 90 valence electrons. The molecule has 0 unspecified atom stereocenters. The molecule has 16 heavy (non-hydrogen) atoms. The number of para-hydroxylation sites is 2. The van der Waals surface area contributed by atoms with E-state index in [2.05, 4.69) is 4.74 Å². The fourth-order valence-corrected chi connectivity index (χ4v) is 1.01. The predicted octanol–water partition coefficient (Wildman–Crippen LogP) is 2.61. The number of ether oxygens (including phenoxy) is 3. The number of halogens is 3. The average Bonchev–Trinajstić information content (AvgIpc) is 2.19. The number of rotatable bonds is 5. The number of hydrogen-bond acceptors (Lipinski definition) is 3. The van der Waals surface area contributed by atoms with Crippen LogP contribution < -0.4 is 9.47 Å². The Hall–Kier alpha value is -1.43. The van der Waals surface area contributed by atoms with E-state index in [9.17, 15) is 13.2 Å². The fourth-order valence-electron chi connectivity index (χ4n) is 1.01. The number of alkyl halides is 3. The molecule has 0 atom stereocenters. The van der Waals surface area contributed by atoms with Crippen LogP contribution in [0.1, 0.15) is 0 Å². The molecular weight excluding hydrogens is 225 g/mol. The Bertz CT molecular complexity index is 325. The van der Waals surface area contributed by atoms with E-state index >= 15 is 0 Å². The highest BCUT2D eigenvalue weighted by molar-refractivity contribution is 5.39. The lowest BCUT2D eigenvalue weighted by Gasteiger charge is -2.13. The van der Waals surface area contributed by atoms with Crippen molar-refractivity contribution >= 4 is 0 Å². The summed E-state index contributed by atoms with van der Waals surface area (Å²) in [6.45, 7) is 0.453. The van der Waals surface area contributed by atoms with E-state index in [1.165, 1.54) is 25.3 Å². The molecule has 0 aromatic heterocycles. The monoisotopic (exact) mass is 236 g/mol. The molecule has 0 fully saturated rings. The Morgan fingerprint density at radius 1 is 1.06 bits per heavy atom. The van der Waals surface area contributed by atoms with Gasteiger partial charge in [-0.1, -0.05) is 12.1 Å². The van der Waals surface area contributed by atoms with Crippen molar-refractivity contribution in [1.29, 1.82) is 0 Å². The third-order valence-corrected chi connectivity index (χ3v) is 1.62. The highest BCUT2D eigenvalue weighted by Crippen LogP contribution is 2.31. The summed E-state index contributed by atoms with van der Waals surface area (Å²) < 4.78 is 49.6. The van der Waals surface area contributed by atoms with E-state index in [0.717, 1.165) is 0 Å². The van der Waals surface area contributed by atoms with Gasteiger partial charge in [-0.25, -0.2) is 0 Å². The fraction of sp³-hybridized carbons (Fsp3) is 0.400. The van der Waals surface area contributed by atoms with Gasteiger partial charge in [-0.2, -0.15) is 0 Å². The highest BCUT2D eigenvalue weighted by Gasteiger charge is 2.32. The van der Waals surface area contributed by atoms with Gasteiger partial charge in [-0.15, -0.1) is 13.2 Å². The zero-order chi connectivity index (χ0) is 12.0. The van der Waals surface area contributed by atoms with Crippen molar-refractivity contribution in [3.8, 4) is 11.5 Å². The van der Waals surface area contributed by atoms with Crippen LogP contribution in [0, 0.1) is 0 Å². The lowest BCUT2D eigenvalue weighted by molar-refractivity contribution is -0.275. The quantitative estimate of drug-likeness (QED) is 0.735. The summed E-state index contributed by atoms with van der Waals surface area (Å²) in [5.41, 5.74) is 0. The van der Waals surface area contributed by atoms with Gasteiger partial charge >= 0.3 is 6.36 Å². The van der Waals surface area contributed by atoms with Gasteiger partial charge in [0.25, 0.3) is 0 Å². The first-order chi connectivity index (χ1) is 7.53. The summed E-state index contributed by atoms with van der Waals surface area (Å²) in [6, 6.07) is 5.59. The molecule has 6 heteroatoms. The molecule has 0 spiro atoms. The molecule has 1 aromatic rings. The summed E-state index contributed by atoms with van der Waals surface area (Å²) in [4.78, 5) is 0. The number of methoxy groups -OCH3 is 1. The smallest absolute Gasteiger partial charge is 0.487 e. The molecule has 0 heterocycles. The molecule has 1 rings (SSSR count). The summed E-state index contributed by atoms with van der Waals surface area (Å²) in [5.74, 6) is -0.317. The second kappa shape index (κ2) is 5.60. The summed E-state index contributed by atoms with van der Waals surface area (Å²) in [5, 5.41) is 0. The number of benzene rings is 1. The summed E-state index contributed by atoms with van der Waals surface area (Å²) in [6.07, 6.45) is -4.72. The van der Waals surface area contributed by atoms with Crippen LogP contribution in [0.15, 0.2) is 24.3 Å². The van der Waals surface area contributed by atoms with Gasteiger partial charge in [0.1, 0.15) is 6.61 Å². The van der Waals surface area contributed by atoms with Gasteiger partial charge in [-0.3, -0.25) is 0 Å². The maximum absolute atomic E-state index is 12.0. The van der Waals surface area contributed by atoms with Crippen LogP contribution >= 0.6 is 0 Å². The van der Waals surface area contributed by atoms with Crippen LogP contribution in [0.25, 0.3) is 0 Å². The van der Waals surface area contributed by atoms with E-state index in [4.69, 9.17) is 9.47 Å². The van der Waals surface area contributed by atoms with Gasteiger partial charge in [0.05, 0.1) is 6.61 Å². The van der Waals surface area contributed by atoms with Gasteiger partial charge in [-0.05, 0) is 12.1 Å². The van der Waals surface area contributed by atoms with E-state index in [0.29, 0.717) is 6.61 Å². The third kappa shape index (κ3) is 4.39. The van der Waals surface area contributed by atoms with Crippen molar-refractivity contribution in [3.63, 3.8) is 0 Å². The molecule has 3 nitrogen and oxygen atoms in total. The number of hydrogen-bond donors (Lipinski definition) is 0. The molecule has 0 aliphatic heterocycles. The van der Waals surface area contributed by atoms with Crippen molar-refractivity contribution in [2.75, 3.05) is 20.3 Å². The zero-order valence-corrected chi connectivity index (χ0v) is 8.58. The molecule has 0 saturated carbocycles. The van der Waals surface area contributed by atoms with Gasteiger partial charge in [0.2, 0.25) is 0 Å². The second-order valence-electron chi connectivity index (χ2n) is 2.84. The minimum atomic E-state index is -4.72. The van der Waals surface area contributed by atoms with Crippen LogP contribution in [-0.2, 0) is 4.74 Å². The lowest BCUT2D eigenvalue weighted by atomic mass is 10.3. The Balaban J connectivity index is 2.68. The van der Waals surface area contributed by atoms with Crippen molar-refractivity contribution in [2.24, 2.45) is 0 Å². The Labute approximate surface area is 90.7 Å². The maximum atomic E-state index is 12.0. The largest absolute Gasteiger partial charge is 0.573 e. The Morgan fingerprint density at radius 2 is 1.69 bits per heavy atom. The topological polar surface area (TPSA) is 27.7 Å². The molecule has 0 bridgehead atoms. The normalized spacial score (nSPS) is 11.2. The first-order valence-corrected chi connectivity index (χ1v) is 4.49. The van der Waals surface area contributed by atoms with Crippen molar-refractivity contribution in [1.82, 2.24) is 0 Å². The van der Waals surface area contributed by atoms with E-state index < -0.39 is 6.36 Å². The first-order valence-electron chi connectivity index (χ1n) is 4.49. The molecule has 0 radical (unpaired) electrons. The molecule has 0 N–H and O–H groups in total. The summed E-state index contributed by atoms with van der Waals surface area (Å²) in [7, 11) is 1.47. The SMILES string of the molecule is COCCOc1ccccc1OC(F)(F)F. The minimum Gasteiger partial charge on any atom is -0.487 e. The van der Waals surface area contributed by atoms with E-state index in [1.807, 2.05) is 0 Å². The molecule has 0 aliphatic rings. The van der Waals surface area contributed by atoms with Crippen LogP contribution in [-0.4, -0.2) is 26.7 Å². The average molecular weight is 236 g/mol. The van der Waals surface area contributed by atoms with Crippen LogP contribution in [0.3, 0.4) is 0 Å². The van der Waals surface area contributed by atoms with E-state index in [-0.39, 0.29) is 18.1 Å². The Kier molecular flexibility index (Phi) is 4.42. The second-order valence-corrected chi connectivity index (χ2v) is 2.84. The highest BCUT2D eigenvalue weighted by atomic mass is 19.4. The molecule has 0 amide bonds. The molecule has 0 aliphatic carbocycles. The third-order valence-electron chi connectivity index (χ3n) is 1.62. The Morgan fingerprint density at radius 3 is 2.25 bits per heavy atom. The maximum Gasteiger partial charge on any atom is 0.573 e. The van der Waals surface area contributed by atoms with Crippen molar-refractivity contribution in [2.45, 2.75) is 6.36 Å². The van der Waals surface area contributed by atoms with Crippen molar-refractivity contribution < 1.29 is 27.4 Å². The summed E-state index contributed by atoms with van der Waals surface area (Å²) >= 11 is 0. The predicted molar refractivity (Wildman–Crippen MR) is 50.5 cm³/mol. The van der Waals surface area contributed by atoms with Crippen LogP contribution in [0.4, 0.5) is 13.2 Å². The van der Waals surface area contributed by atoms with Crippen LogP contribution in [0.5, 0.6) is 11.5 Å². The first kappa shape index (κ1) is 12.6. The van der Waals surface area contributed by atoms with Gasteiger partial charge in [0.15, 0.2) is 11.5 Å². The molecule has 1 aromatic carbocycles. The minimum absolute atomic E-state index is 0.0388. The molecule has 0 saturated heterocycles. The molecular formula is C10H11F3O3.